The van der Waals surface area contributed by atoms with Crippen LogP contribution in [0, 0.1) is 5.92 Å². The minimum absolute atomic E-state index is 0. The number of aryl methyl sites for hydroxylation is 1. The van der Waals surface area contributed by atoms with Gasteiger partial charge < -0.3 is 5.32 Å². The zero-order valence-corrected chi connectivity index (χ0v) is 14.5. The van der Waals surface area contributed by atoms with Gasteiger partial charge in [-0.05, 0) is 44.0 Å². The molecular weight excluding hydrogens is 310 g/mol. The molecule has 1 atom stereocenters. The van der Waals surface area contributed by atoms with Crippen LogP contribution in [0.15, 0.2) is 36.9 Å². The van der Waals surface area contributed by atoms with Crippen LogP contribution in [0.1, 0.15) is 24.5 Å². The molecular formula is C17H26ClN5. The van der Waals surface area contributed by atoms with Crippen molar-refractivity contribution in [2.24, 2.45) is 5.92 Å². The third-order valence-electron chi connectivity index (χ3n) is 4.22. The Morgan fingerprint density at radius 2 is 2.17 bits per heavy atom. The van der Waals surface area contributed by atoms with Crippen molar-refractivity contribution in [3.63, 3.8) is 0 Å². The number of rotatable bonds is 7. The molecule has 3 rings (SSSR count). The third kappa shape index (κ3) is 5.30. The summed E-state index contributed by atoms with van der Waals surface area (Å²) in [4.78, 5) is 6.76. The summed E-state index contributed by atoms with van der Waals surface area (Å²) < 4.78 is 1.99. The van der Waals surface area contributed by atoms with Crippen molar-refractivity contribution in [2.75, 3.05) is 19.6 Å². The molecule has 0 spiro atoms. The fraction of sp³-hybridized carbons (Fsp3) is 0.529. The second-order valence-electron chi connectivity index (χ2n) is 6.09. The van der Waals surface area contributed by atoms with Gasteiger partial charge in [0, 0.05) is 50.3 Å². The molecule has 3 heterocycles. The second-order valence-corrected chi connectivity index (χ2v) is 6.09. The Labute approximate surface area is 144 Å². The summed E-state index contributed by atoms with van der Waals surface area (Å²) in [6.45, 7) is 8.35. The van der Waals surface area contributed by atoms with Gasteiger partial charge in [0.25, 0.3) is 0 Å². The Morgan fingerprint density at radius 3 is 2.83 bits per heavy atom. The zero-order chi connectivity index (χ0) is 15.2. The van der Waals surface area contributed by atoms with E-state index in [2.05, 4.69) is 39.5 Å². The van der Waals surface area contributed by atoms with Gasteiger partial charge in [0.1, 0.15) is 0 Å². The summed E-state index contributed by atoms with van der Waals surface area (Å²) in [7, 11) is 0. The standard InChI is InChI=1S/C17H25N5.ClH/c1-2-22-14-17(10-20-22)13-21(12-16-5-7-19-9-16)11-15-4-3-6-18-8-15;/h3-4,6,8,10,14,16,19H,2,5,7,9,11-13H2,1H3;1H. The Kier molecular flexibility index (Phi) is 7.02. The fourth-order valence-corrected chi connectivity index (χ4v) is 3.09. The Balaban J connectivity index is 0.00000192. The minimum atomic E-state index is 0. The van der Waals surface area contributed by atoms with Crippen LogP contribution in [-0.4, -0.2) is 39.3 Å². The first-order valence-corrected chi connectivity index (χ1v) is 8.17. The Hall–Kier alpha value is -1.43. The molecule has 0 aromatic carbocycles. The molecule has 2 aromatic heterocycles. The lowest BCUT2D eigenvalue weighted by Crippen LogP contribution is -2.29. The van der Waals surface area contributed by atoms with E-state index in [0.717, 1.165) is 45.2 Å². The van der Waals surface area contributed by atoms with Gasteiger partial charge in [-0.2, -0.15) is 5.10 Å². The van der Waals surface area contributed by atoms with Gasteiger partial charge in [0.05, 0.1) is 6.20 Å². The number of pyridine rings is 1. The van der Waals surface area contributed by atoms with E-state index in [1.165, 1.54) is 17.5 Å². The van der Waals surface area contributed by atoms with E-state index in [1.807, 2.05) is 29.3 Å². The van der Waals surface area contributed by atoms with Crippen molar-refractivity contribution in [3.05, 3.63) is 48.0 Å². The first-order valence-electron chi connectivity index (χ1n) is 8.17. The maximum absolute atomic E-state index is 4.39. The molecule has 6 heteroatoms. The summed E-state index contributed by atoms with van der Waals surface area (Å²) in [5, 5.41) is 7.86. The first-order chi connectivity index (χ1) is 10.8. The van der Waals surface area contributed by atoms with Crippen molar-refractivity contribution in [2.45, 2.75) is 33.0 Å². The van der Waals surface area contributed by atoms with E-state index in [-0.39, 0.29) is 12.4 Å². The van der Waals surface area contributed by atoms with Gasteiger partial charge in [0.2, 0.25) is 0 Å². The molecule has 0 amide bonds. The molecule has 1 fully saturated rings. The molecule has 5 nitrogen and oxygen atoms in total. The predicted octanol–water partition coefficient (Wildman–Crippen LogP) is 2.33. The molecule has 1 aliphatic heterocycles. The third-order valence-corrected chi connectivity index (χ3v) is 4.22. The van der Waals surface area contributed by atoms with Crippen molar-refractivity contribution < 1.29 is 0 Å². The maximum Gasteiger partial charge on any atom is 0.0534 e. The highest BCUT2D eigenvalue weighted by Crippen LogP contribution is 2.15. The van der Waals surface area contributed by atoms with Crippen LogP contribution in [0.3, 0.4) is 0 Å². The van der Waals surface area contributed by atoms with Crippen molar-refractivity contribution >= 4 is 12.4 Å². The SMILES string of the molecule is CCn1cc(CN(Cc2cccnc2)CC2CCNC2)cn1.Cl. The highest BCUT2D eigenvalue weighted by Gasteiger charge is 2.19. The molecule has 1 unspecified atom stereocenters. The molecule has 23 heavy (non-hydrogen) atoms. The van der Waals surface area contributed by atoms with Crippen LogP contribution in [0.25, 0.3) is 0 Å². The quantitative estimate of drug-likeness (QED) is 0.843. The molecule has 126 valence electrons. The second kappa shape index (κ2) is 9.01. The Morgan fingerprint density at radius 1 is 1.30 bits per heavy atom. The summed E-state index contributed by atoms with van der Waals surface area (Å²) in [5.41, 5.74) is 2.56. The fourth-order valence-electron chi connectivity index (χ4n) is 3.09. The minimum Gasteiger partial charge on any atom is -0.316 e. The number of nitrogens with zero attached hydrogens (tertiary/aromatic N) is 4. The van der Waals surface area contributed by atoms with E-state index in [0.29, 0.717) is 0 Å². The number of nitrogens with one attached hydrogen (secondary N) is 1. The summed E-state index contributed by atoms with van der Waals surface area (Å²) >= 11 is 0. The molecule has 2 aromatic rings. The highest BCUT2D eigenvalue weighted by molar-refractivity contribution is 5.85. The van der Waals surface area contributed by atoms with Crippen molar-refractivity contribution in [1.82, 2.24) is 25.0 Å². The van der Waals surface area contributed by atoms with Gasteiger partial charge in [-0.15, -0.1) is 12.4 Å². The molecule has 0 bridgehead atoms. The van der Waals surface area contributed by atoms with Gasteiger partial charge in [0.15, 0.2) is 0 Å². The molecule has 0 aliphatic carbocycles. The highest BCUT2D eigenvalue weighted by atomic mass is 35.5. The van der Waals surface area contributed by atoms with Crippen LogP contribution in [0.4, 0.5) is 0 Å². The van der Waals surface area contributed by atoms with Gasteiger partial charge >= 0.3 is 0 Å². The molecule has 0 radical (unpaired) electrons. The lowest BCUT2D eigenvalue weighted by atomic mass is 10.1. The summed E-state index contributed by atoms with van der Waals surface area (Å²) in [5.74, 6) is 0.748. The number of hydrogen-bond acceptors (Lipinski definition) is 4. The van der Waals surface area contributed by atoms with Gasteiger partial charge in [-0.25, -0.2) is 0 Å². The molecule has 1 N–H and O–H groups in total. The van der Waals surface area contributed by atoms with Gasteiger partial charge in [-0.3, -0.25) is 14.6 Å². The van der Waals surface area contributed by atoms with E-state index in [4.69, 9.17) is 0 Å². The van der Waals surface area contributed by atoms with E-state index in [1.54, 1.807) is 0 Å². The van der Waals surface area contributed by atoms with Crippen LogP contribution in [0.2, 0.25) is 0 Å². The lowest BCUT2D eigenvalue weighted by Gasteiger charge is -2.24. The van der Waals surface area contributed by atoms with Crippen LogP contribution in [0.5, 0.6) is 0 Å². The Bertz CT molecular complexity index is 565. The van der Waals surface area contributed by atoms with Gasteiger partial charge in [-0.1, -0.05) is 6.07 Å². The first kappa shape index (κ1) is 17.9. The predicted molar refractivity (Wildman–Crippen MR) is 94.5 cm³/mol. The molecule has 1 aliphatic rings. The molecule has 0 saturated carbocycles. The maximum atomic E-state index is 4.39. The zero-order valence-electron chi connectivity index (χ0n) is 13.7. The number of halogens is 1. The molecule has 1 saturated heterocycles. The lowest BCUT2D eigenvalue weighted by molar-refractivity contribution is 0.220. The topological polar surface area (TPSA) is 46.0 Å². The van der Waals surface area contributed by atoms with Crippen LogP contribution >= 0.6 is 12.4 Å². The van der Waals surface area contributed by atoms with E-state index >= 15 is 0 Å². The monoisotopic (exact) mass is 335 g/mol. The van der Waals surface area contributed by atoms with E-state index < -0.39 is 0 Å². The average molecular weight is 336 g/mol. The van der Waals surface area contributed by atoms with Crippen molar-refractivity contribution in [3.8, 4) is 0 Å². The summed E-state index contributed by atoms with van der Waals surface area (Å²) in [6, 6.07) is 4.17. The normalized spacial score (nSPS) is 17.4. The van der Waals surface area contributed by atoms with Crippen molar-refractivity contribution in [1.29, 1.82) is 0 Å². The largest absolute Gasteiger partial charge is 0.316 e. The average Bonchev–Trinajstić information content (AvgIpc) is 3.20. The number of hydrogen-bond donors (Lipinski definition) is 1. The van der Waals surface area contributed by atoms with Crippen LogP contribution < -0.4 is 5.32 Å². The smallest absolute Gasteiger partial charge is 0.0534 e. The van der Waals surface area contributed by atoms with Crippen LogP contribution in [-0.2, 0) is 19.6 Å². The summed E-state index contributed by atoms with van der Waals surface area (Å²) in [6.07, 6.45) is 9.23. The van der Waals surface area contributed by atoms with E-state index in [9.17, 15) is 0 Å². The number of aromatic nitrogens is 3.